The Hall–Kier alpha value is -1.49. The van der Waals surface area contributed by atoms with Gasteiger partial charge >= 0.3 is 0 Å². The highest BCUT2D eigenvalue weighted by atomic mass is 32.2. The molecule has 1 fully saturated rings. The van der Waals surface area contributed by atoms with E-state index in [1.807, 2.05) is 4.90 Å². The van der Waals surface area contributed by atoms with E-state index >= 15 is 0 Å². The highest BCUT2D eigenvalue weighted by molar-refractivity contribution is 8.13. The molecule has 0 unspecified atom stereocenters. The monoisotopic (exact) mass is 318 g/mol. The van der Waals surface area contributed by atoms with E-state index in [-0.39, 0.29) is 17.7 Å². The van der Waals surface area contributed by atoms with Gasteiger partial charge in [0.25, 0.3) is 5.24 Å². The summed E-state index contributed by atoms with van der Waals surface area (Å²) < 4.78 is 0. The third-order valence-electron chi connectivity index (χ3n) is 4.36. The van der Waals surface area contributed by atoms with Crippen LogP contribution in [-0.4, -0.2) is 41.4 Å². The van der Waals surface area contributed by atoms with Crippen LogP contribution in [-0.2, 0) is 11.2 Å². The second-order valence-electron chi connectivity index (χ2n) is 6.23. The molecule has 1 aromatic rings. The maximum Gasteiger partial charge on any atom is 0.282 e. The van der Waals surface area contributed by atoms with Crippen LogP contribution in [0.1, 0.15) is 37.3 Å². The third-order valence-corrected chi connectivity index (χ3v) is 5.25. The predicted molar refractivity (Wildman–Crippen MR) is 90.6 cm³/mol. The molecular formula is C17H22N2O2S. The van der Waals surface area contributed by atoms with E-state index in [1.54, 1.807) is 4.90 Å². The quantitative estimate of drug-likeness (QED) is 0.859. The van der Waals surface area contributed by atoms with Crippen LogP contribution in [0.3, 0.4) is 0 Å². The Morgan fingerprint density at radius 1 is 1.32 bits per heavy atom. The molecule has 0 spiro atoms. The predicted octanol–water partition coefficient (Wildman–Crippen LogP) is 3.26. The fraction of sp³-hybridized carbons (Fsp3) is 0.529. The number of benzene rings is 1. The van der Waals surface area contributed by atoms with Gasteiger partial charge in [0, 0.05) is 24.5 Å². The van der Waals surface area contributed by atoms with Gasteiger partial charge in [0.1, 0.15) is 6.54 Å². The Labute approximate surface area is 135 Å². The van der Waals surface area contributed by atoms with Gasteiger partial charge in [0.05, 0.1) is 0 Å². The van der Waals surface area contributed by atoms with Crippen LogP contribution in [0, 0.1) is 0 Å². The number of anilines is 1. The summed E-state index contributed by atoms with van der Waals surface area (Å²) in [6, 6.07) is 6.42. The molecule has 0 N–H and O–H groups in total. The maximum atomic E-state index is 12.6. The molecule has 0 aromatic heterocycles. The number of carbonyl (C=O) groups excluding carboxylic acids is 2. The molecule has 4 nitrogen and oxygen atoms in total. The first-order chi connectivity index (χ1) is 10.6. The highest BCUT2D eigenvalue weighted by Crippen LogP contribution is 2.30. The Kier molecular flexibility index (Phi) is 4.43. The van der Waals surface area contributed by atoms with Crippen LogP contribution in [0.25, 0.3) is 0 Å². The second kappa shape index (κ2) is 6.32. The number of hydrogen-bond acceptors (Lipinski definition) is 3. The molecule has 22 heavy (non-hydrogen) atoms. The van der Waals surface area contributed by atoms with Crippen molar-refractivity contribution in [3.63, 3.8) is 0 Å². The molecule has 2 aliphatic rings. The van der Waals surface area contributed by atoms with Crippen molar-refractivity contribution in [3.8, 4) is 0 Å². The largest absolute Gasteiger partial charge is 0.323 e. The average Bonchev–Trinajstić information content (AvgIpc) is 2.91. The molecule has 0 bridgehead atoms. The Morgan fingerprint density at radius 2 is 2.14 bits per heavy atom. The lowest BCUT2D eigenvalue weighted by molar-refractivity contribution is -0.119. The van der Waals surface area contributed by atoms with Crippen LogP contribution >= 0.6 is 11.8 Å². The van der Waals surface area contributed by atoms with Crippen molar-refractivity contribution >= 4 is 28.6 Å². The van der Waals surface area contributed by atoms with Crippen molar-refractivity contribution in [2.24, 2.45) is 0 Å². The molecular weight excluding hydrogens is 296 g/mol. The zero-order valence-corrected chi connectivity index (χ0v) is 14.0. The number of hydrogen-bond donors (Lipinski definition) is 0. The zero-order chi connectivity index (χ0) is 15.7. The summed E-state index contributed by atoms with van der Waals surface area (Å²) >= 11 is 1.30. The zero-order valence-electron chi connectivity index (χ0n) is 13.2. The SMILES string of the molecule is CC(C)c1ccc2c(c1)CCCN2C(=O)CN1CCSC1=O. The van der Waals surface area contributed by atoms with E-state index in [1.165, 1.54) is 22.9 Å². The highest BCUT2D eigenvalue weighted by Gasteiger charge is 2.28. The summed E-state index contributed by atoms with van der Waals surface area (Å²) in [5.41, 5.74) is 3.60. The lowest BCUT2D eigenvalue weighted by Crippen LogP contribution is -2.42. The van der Waals surface area contributed by atoms with E-state index in [2.05, 4.69) is 32.0 Å². The number of aryl methyl sites for hydroxylation is 1. The minimum Gasteiger partial charge on any atom is -0.323 e. The van der Waals surface area contributed by atoms with Gasteiger partial charge in [-0.1, -0.05) is 37.7 Å². The number of thioether (sulfide) groups is 1. The number of amides is 2. The second-order valence-corrected chi connectivity index (χ2v) is 7.27. The number of carbonyl (C=O) groups is 2. The van der Waals surface area contributed by atoms with E-state index in [9.17, 15) is 9.59 Å². The van der Waals surface area contributed by atoms with Gasteiger partial charge in [-0.2, -0.15) is 0 Å². The molecule has 0 radical (unpaired) electrons. The van der Waals surface area contributed by atoms with Crippen molar-refractivity contribution in [2.45, 2.75) is 32.6 Å². The first-order valence-corrected chi connectivity index (χ1v) is 8.89. The van der Waals surface area contributed by atoms with Crippen molar-refractivity contribution in [2.75, 3.05) is 30.3 Å². The van der Waals surface area contributed by atoms with Crippen molar-refractivity contribution in [3.05, 3.63) is 29.3 Å². The van der Waals surface area contributed by atoms with Crippen molar-refractivity contribution in [1.82, 2.24) is 4.90 Å². The first-order valence-electron chi connectivity index (χ1n) is 7.91. The molecule has 2 heterocycles. The fourth-order valence-corrected chi connectivity index (χ4v) is 3.88. The summed E-state index contributed by atoms with van der Waals surface area (Å²) in [5.74, 6) is 1.32. The Balaban J connectivity index is 1.79. The number of nitrogens with zero attached hydrogens (tertiary/aromatic N) is 2. The molecule has 0 atom stereocenters. The Bertz CT molecular complexity index is 600. The summed E-state index contributed by atoms with van der Waals surface area (Å²) in [7, 11) is 0. The summed E-state index contributed by atoms with van der Waals surface area (Å²) in [6.07, 6.45) is 2.02. The summed E-state index contributed by atoms with van der Waals surface area (Å²) in [4.78, 5) is 27.8. The van der Waals surface area contributed by atoms with E-state index in [4.69, 9.17) is 0 Å². The molecule has 5 heteroatoms. The summed E-state index contributed by atoms with van der Waals surface area (Å²) in [6.45, 7) is 6.01. The van der Waals surface area contributed by atoms with Crippen LogP contribution in [0.2, 0.25) is 0 Å². The smallest absolute Gasteiger partial charge is 0.282 e. The van der Waals surface area contributed by atoms with Crippen molar-refractivity contribution < 1.29 is 9.59 Å². The minimum atomic E-state index is 0.0285. The molecule has 118 valence electrons. The lowest BCUT2D eigenvalue weighted by atomic mass is 9.95. The van der Waals surface area contributed by atoms with E-state index < -0.39 is 0 Å². The van der Waals surface area contributed by atoms with Crippen LogP contribution in [0.15, 0.2) is 18.2 Å². The maximum absolute atomic E-state index is 12.6. The molecule has 3 rings (SSSR count). The fourth-order valence-electron chi connectivity index (χ4n) is 3.05. The van der Waals surface area contributed by atoms with Crippen LogP contribution in [0.4, 0.5) is 10.5 Å². The number of fused-ring (bicyclic) bond motifs is 1. The van der Waals surface area contributed by atoms with Gasteiger partial charge in [-0.15, -0.1) is 0 Å². The molecule has 0 aliphatic carbocycles. The normalized spacial score (nSPS) is 18.0. The molecule has 0 saturated carbocycles. The summed E-state index contributed by atoms with van der Waals surface area (Å²) in [5, 5.41) is 0.0285. The first kappa shape index (κ1) is 15.4. The standard InChI is InChI=1S/C17H22N2O2S/c1-12(2)13-5-6-15-14(10-13)4-3-7-19(15)16(20)11-18-8-9-22-17(18)21/h5-6,10,12H,3-4,7-9,11H2,1-2H3. The van der Waals surface area contributed by atoms with Crippen LogP contribution in [0.5, 0.6) is 0 Å². The topological polar surface area (TPSA) is 40.6 Å². The Morgan fingerprint density at radius 3 is 2.82 bits per heavy atom. The minimum absolute atomic E-state index is 0.0285. The van der Waals surface area contributed by atoms with Gasteiger partial charge in [0.15, 0.2) is 0 Å². The lowest BCUT2D eigenvalue weighted by Gasteiger charge is -2.31. The average molecular weight is 318 g/mol. The molecule has 2 aliphatic heterocycles. The number of rotatable bonds is 3. The van der Waals surface area contributed by atoms with Gasteiger partial charge in [-0.05, 0) is 36.0 Å². The van der Waals surface area contributed by atoms with Crippen LogP contribution < -0.4 is 4.90 Å². The van der Waals surface area contributed by atoms with Gasteiger partial charge in [0.2, 0.25) is 5.91 Å². The van der Waals surface area contributed by atoms with Gasteiger partial charge in [-0.3, -0.25) is 9.59 Å². The molecule has 1 saturated heterocycles. The molecule has 2 amide bonds. The van der Waals surface area contributed by atoms with Gasteiger partial charge in [-0.25, -0.2) is 0 Å². The van der Waals surface area contributed by atoms with Crippen molar-refractivity contribution in [1.29, 1.82) is 0 Å². The third kappa shape index (κ3) is 3.00. The van der Waals surface area contributed by atoms with Gasteiger partial charge < -0.3 is 9.80 Å². The molecule has 1 aromatic carbocycles. The van der Waals surface area contributed by atoms with E-state index in [0.29, 0.717) is 12.5 Å². The van der Waals surface area contributed by atoms with E-state index in [0.717, 1.165) is 30.8 Å².